The first-order chi connectivity index (χ1) is 21.1. The van der Waals surface area contributed by atoms with Crippen molar-refractivity contribution in [3.05, 3.63) is 82.6 Å². The molecule has 14 heteroatoms. The Morgan fingerprint density at radius 2 is 1.58 bits per heavy atom. The number of phenolic OH excluding ortho intramolecular Hbond substituents is 1. The van der Waals surface area contributed by atoms with E-state index in [2.05, 4.69) is 51.8 Å². The third kappa shape index (κ3) is 6.63. The molecule has 1 aromatic heterocycles. The molecule has 216 valence electrons. The summed E-state index contributed by atoms with van der Waals surface area (Å²) in [6.45, 7) is 5.70. The van der Waals surface area contributed by atoms with Crippen molar-refractivity contribution in [2.45, 2.75) is 20.8 Å². The van der Waals surface area contributed by atoms with E-state index in [1.54, 1.807) is 43.3 Å². The summed E-state index contributed by atoms with van der Waals surface area (Å²) in [5.74, 6) is 0.212. The normalized spacial score (nSPS) is 11.7. The fraction of sp³-hybridized carbons (Fsp3) is 0.103. The van der Waals surface area contributed by atoms with Crippen LogP contribution in [0, 0.1) is 26.3 Å². The zero-order chi connectivity index (χ0) is 31.4. The lowest BCUT2D eigenvalue weighted by Gasteiger charge is -2.12. The number of benzene rings is 4. The average Bonchev–Trinajstić information content (AvgIpc) is 2.95. The molecule has 0 aliphatic rings. The number of primary amides is 1. The number of aromatic hydroxyl groups is 1. The molecule has 0 saturated carbocycles. The summed E-state index contributed by atoms with van der Waals surface area (Å²) in [5, 5.41) is 32.8. The highest BCUT2D eigenvalue weighted by molar-refractivity contribution is 6.28. The largest absolute Gasteiger partial charge is 0.505 e. The number of rotatable bonds is 8. The summed E-state index contributed by atoms with van der Waals surface area (Å²) >= 11 is 6.20. The zero-order valence-electron chi connectivity index (χ0n) is 24.2. The Balaban J connectivity index is 1.39. The first kappa shape index (κ1) is 27.5. The van der Waals surface area contributed by atoms with Crippen molar-refractivity contribution < 1.29 is 11.3 Å². The van der Waals surface area contributed by atoms with Crippen LogP contribution in [0.2, 0.25) is 6.70 Å². The molecule has 0 aliphatic carbocycles. The molecule has 5 rings (SSSR count). The maximum atomic E-state index is 11.7. The third-order valence-corrected chi connectivity index (χ3v) is 6.54. The topological polar surface area (TPSA) is 199 Å². The summed E-state index contributed by atoms with van der Waals surface area (Å²) < 4.78 is 6.98. The van der Waals surface area contributed by atoms with Crippen LogP contribution in [0.25, 0.3) is 10.8 Å². The first-order valence-electron chi connectivity index (χ1n) is 13.3. The molecule has 0 saturated heterocycles. The lowest BCUT2D eigenvalue weighted by Crippen LogP contribution is -2.19. The number of aryl methyl sites for hydroxylation is 3. The number of aromatic nitrogens is 3. The average molecular weight is 597 g/mol. The maximum absolute atomic E-state index is 11.7. The smallest absolute Gasteiger partial charge is 0.316 e. The second kappa shape index (κ2) is 12.0. The number of halogens is 1. The second-order valence-electron chi connectivity index (χ2n) is 9.64. The Bertz CT molecular complexity index is 1970. The van der Waals surface area contributed by atoms with Crippen molar-refractivity contribution >= 4 is 74.4 Å². The predicted molar refractivity (Wildman–Crippen MR) is 166 cm³/mol. The lowest BCUT2D eigenvalue weighted by atomic mass is 10.0. The number of nitrogens with two attached hydrogens (primary N) is 1. The van der Waals surface area contributed by atoms with Gasteiger partial charge in [0.15, 0.2) is 5.75 Å². The van der Waals surface area contributed by atoms with Gasteiger partial charge in [0.1, 0.15) is 11.4 Å². The van der Waals surface area contributed by atoms with E-state index in [0.717, 1.165) is 16.5 Å². The van der Waals surface area contributed by atoms with Crippen LogP contribution < -0.4 is 21.7 Å². The lowest BCUT2D eigenvalue weighted by molar-refractivity contribution is 0.259. The van der Waals surface area contributed by atoms with Crippen LogP contribution in [-0.4, -0.2) is 26.1 Å². The molecule has 13 nitrogen and oxygen atoms in total. The van der Waals surface area contributed by atoms with Crippen molar-refractivity contribution in [2.75, 3.05) is 16.0 Å². The van der Waals surface area contributed by atoms with E-state index in [4.69, 9.17) is 18.7 Å². The van der Waals surface area contributed by atoms with E-state index in [0.29, 0.717) is 39.4 Å². The van der Waals surface area contributed by atoms with E-state index < -0.39 is 6.03 Å². The molecule has 0 fully saturated rings. The van der Waals surface area contributed by atoms with Crippen LogP contribution >= 0.6 is 11.6 Å². The first-order valence-corrected chi connectivity index (χ1v) is 13.2. The van der Waals surface area contributed by atoms with E-state index in [1.165, 1.54) is 0 Å². The standard InChI is InChI=1S/C29H26ClN11O2/c1-14-4-8-21(15(2)10-14)40-41-22-9-6-19(13-23(22)35-27(31)43)34-29-37-26(30)36-28(38-29)33-18-5-7-20-17(12-18)11-16(3)24(39-32)25(20)42/h4-13,32,42H,1-3H3,(H3,31,35,43)(H2,33,34,36,37,38)/i/hD. The Morgan fingerprint density at radius 3 is 2.28 bits per heavy atom. The van der Waals surface area contributed by atoms with Crippen LogP contribution in [0.1, 0.15) is 16.7 Å². The number of urea groups is 1. The van der Waals surface area contributed by atoms with Crippen molar-refractivity contribution in [2.24, 2.45) is 21.1 Å². The van der Waals surface area contributed by atoms with Gasteiger partial charge < -0.3 is 26.8 Å². The molecule has 2 amide bonds. The summed E-state index contributed by atoms with van der Waals surface area (Å²) in [4.78, 5) is 24.4. The minimum atomic E-state index is -0.768. The number of fused-ring (bicyclic) bond motifs is 1. The van der Waals surface area contributed by atoms with Crippen molar-refractivity contribution in [1.29, 1.82) is 5.52 Å². The van der Waals surface area contributed by atoms with Gasteiger partial charge in [-0.25, -0.2) is 10.3 Å². The Hall–Kier alpha value is -5.69. The molecule has 0 unspecified atom stereocenters. The zero-order valence-corrected chi connectivity index (χ0v) is 24.0. The van der Waals surface area contributed by atoms with Crippen molar-refractivity contribution in [3.8, 4) is 5.75 Å². The van der Waals surface area contributed by atoms with Gasteiger partial charge in [-0.15, -0.1) is 5.11 Å². The Morgan fingerprint density at radius 1 is 0.907 bits per heavy atom. The highest BCUT2D eigenvalue weighted by atomic mass is 35.5. The minimum absolute atomic E-state index is 0.0693. The number of nitrogens with zero attached hydrogens (tertiary/aromatic N) is 6. The molecular weight excluding hydrogens is 570 g/mol. The van der Waals surface area contributed by atoms with E-state index in [-0.39, 0.29) is 28.6 Å². The van der Waals surface area contributed by atoms with Crippen LogP contribution in [0.3, 0.4) is 0 Å². The fourth-order valence-electron chi connectivity index (χ4n) is 4.40. The van der Waals surface area contributed by atoms with Crippen molar-refractivity contribution in [1.82, 2.24) is 15.0 Å². The number of nitrogens with one attached hydrogen (secondary N) is 4. The molecule has 0 atom stereocenters. The number of hydrogen-bond donors (Lipinski definition) is 6. The van der Waals surface area contributed by atoms with Crippen molar-refractivity contribution in [3.63, 3.8) is 0 Å². The Labute approximate surface area is 252 Å². The molecule has 0 bridgehead atoms. The van der Waals surface area contributed by atoms with Gasteiger partial charge in [0, 0.05) is 16.8 Å². The number of amides is 2. The van der Waals surface area contributed by atoms with E-state index in [9.17, 15) is 9.90 Å². The molecule has 0 aliphatic heterocycles. The third-order valence-electron chi connectivity index (χ3n) is 6.37. The van der Waals surface area contributed by atoms with Gasteiger partial charge in [0.25, 0.3) is 0 Å². The fourth-order valence-corrected chi connectivity index (χ4v) is 4.56. The molecule has 1 heterocycles. The second-order valence-corrected chi connectivity index (χ2v) is 9.98. The van der Waals surface area contributed by atoms with Gasteiger partial charge in [-0.05, 0) is 97.4 Å². The van der Waals surface area contributed by atoms with Gasteiger partial charge in [-0.1, -0.05) is 17.7 Å². The summed E-state index contributed by atoms with van der Waals surface area (Å²) in [6.07, 6.45) is 0. The van der Waals surface area contributed by atoms with E-state index >= 15 is 0 Å². The molecule has 4 aromatic carbocycles. The molecule has 0 radical (unpaired) electrons. The van der Waals surface area contributed by atoms with Crippen LogP contribution in [0.5, 0.6) is 5.75 Å². The molecule has 43 heavy (non-hydrogen) atoms. The summed E-state index contributed by atoms with van der Waals surface area (Å²) in [7, 11) is 0. The SMILES string of the molecule is [2H]N=Nc1c(C)cc2cc(Nc3nc(Cl)nc(Nc4ccc(N=Nc5ccc(C)cc5C)c(NC(N)=O)c4)n3)ccc2c1O. The van der Waals surface area contributed by atoms with Gasteiger partial charge in [-0.3, -0.25) is 0 Å². The summed E-state index contributed by atoms with van der Waals surface area (Å²) in [6, 6.07) is 17.1. The molecular formula is C29H26ClN11O2. The number of carbonyl (C=O) groups is 1. The summed E-state index contributed by atoms with van der Waals surface area (Å²) in [5.41, 5.74) is 13.9. The predicted octanol–water partition coefficient (Wildman–Crippen LogP) is 8.36. The number of carbonyl (C=O) groups excluding carboxylic acids is 1. The van der Waals surface area contributed by atoms with Gasteiger partial charge >= 0.3 is 6.03 Å². The van der Waals surface area contributed by atoms with Crippen LogP contribution in [0.15, 0.2) is 76.0 Å². The van der Waals surface area contributed by atoms with Gasteiger partial charge in [0.2, 0.25) is 18.6 Å². The monoisotopic (exact) mass is 596 g/mol. The minimum Gasteiger partial charge on any atom is -0.505 e. The molecule has 7 N–H and O–H groups in total. The number of azo groups is 1. The maximum Gasteiger partial charge on any atom is 0.316 e. The van der Waals surface area contributed by atoms with Crippen LogP contribution in [0.4, 0.5) is 50.8 Å². The van der Waals surface area contributed by atoms with E-state index in [1.807, 2.05) is 38.1 Å². The number of phenols is 1. The number of anilines is 5. The highest BCUT2D eigenvalue weighted by Gasteiger charge is 2.13. The Kier molecular flexibility index (Phi) is 7.70. The quantitative estimate of drug-likeness (QED) is 0.0965. The highest BCUT2D eigenvalue weighted by Crippen LogP contribution is 2.39. The number of hydrogen-bond acceptors (Lipinski definition) is 11. The van der Waals surface area contributed by atoms with Crippen LogP contribution in [-0.2, 0) is 0 Å². The van der Waals surface area contributed by atoms with Gasteiger partial charge in [-0.2, -0.15) is 25.2 Å². The molecule has 0 spiro atoms. The van der Waals surface area contributed by atoms with Gasteiger partial charge in [0.05, 0.1) is 11.4 Å². The molecule has 5 aromatic rings.